The summed E-state index contributed by atoms with van der Waals surface area (Å²) in [6, 6.07) is 16.0. The summed E-state index contributed by atoms with van der Waals surface area (Å²) in [4.78, 5) is 19.7. The van der Waals surface area contributed by atoms with E-state index in [1.54, 1.807) is 6.20 Å². The molecule has 2 heterocycles. The number of nitrogens with two attached hydrogens (primary N) is 1. The lowest BCUT2D eigenvalue weighted by molar-refractivity contribution is 0.102. The number of anilines is 2. The molecule has 5 heteroatoms. The lowest BCUT2D eigenvalue weighted by atomic mass is 9.98. The van der Waals surface area contributed by atoms with Gasteiger partial charge in [0.05, 0.1) is 17.6 Å². The van der Waals surface area contributed by atoms with Crippen LogP contribution in [0.3, 0.4) is 0 Å². The third kappa shape index (κ3) is 4.36. The normalized spacial score (nSPS) is 14.6. The molecule has 0 spiro atoms. The highest BCUT2D eigenvalue weighted by Crippen LogP contribution is 2.38. The number of carbonyl (C=O) groups excluding carboxylic acids is 1. The average molecular weight is 401 g/mol. The fourth-order valence-electron chi connectivity index (χ4n) is 4.13. The molecule has 1 aliphatic rings. The molecule has 1 aliphatic heterocycles. The quantitative estimate of drug-likeness (QED) is 0.674. The Balaban J connectivity index is 1.78. The van der Waals surface area contributed by atoms with Gasteiger partial charge < -0.3 is 16.0 Å². The number of carbonyl (C=O) groups is 1. The molecule has 0 saturated carbocycles. The van der Waals surface area contributed by atoms with E-state index in [4.69, 9.17) is 5.73 Å². The number of nitrogens with zero attached hydrogens (tertiary/aromatic N) is 2. The monoisotopic (exact) mass is 400 g/mol. The van der Waals surface area contributed by atoms with Crippen molar-refractivity contribution < 1.29 is 4.79 Å². The number of rotatable bonds is 4. The van der Waals surface area contributed by atoms with Gasteiger partial charge in [-0.2, -0.15) is 0 Å². The van der Waals surface area contributed by atoms with Crippen molar-refractivity contribution in [1.82, 2.24) is 4.98 Å². The predicted molar refractivity (Wildman–Crippen MR) is 123 cm³/mol. The summed E-state index contributed by atoms with van der Waals surface area (Å²) in [6.07, 6.45) is 5.51. The minimum Gasteiger partial charge on any atom is -0.369 e. The van der Waals surface area contributed by atoms with E-state index in [9.17, 15) is 4.79 Å². The Labute approximate surface area is 177 Å². The first-order valence-electron chi connectivity index (χ1n) is 10.4. The van der Waals surface area contributed by atoms with Crippen molar-refractivity contribution in [1.29, 1.82) is 0 Å². The summed E-state index contributed by atoms with van der Waals surface area (Å²) in [5.74, 6) is -0.134. The maximum absolute atomic E-state index is 12.9. The molecule has 1 fully saturated rings. The lowest BCUT2D eigenvalue weighted by Gasteiger charge is -2.34. The van der Waals surface area contributed by atoms with Gasteiger partial charge in [-0.25, -0.2) is 0 Å². The van der Waals surface area contributed by atoms with E-state index in [-0.39, 0.29) is 11.9 Å². The Bertz CT molecular complexity index is 1020. The highest BCUT2D eigenvalue weighted by Gasteiger charge is 2.23. The molecule has 0 aliphatic carbocycles. The third-order valence-electron chi connectivity index (χ3n) is 5.59. The molecule has 5 nitrogen and oxygen atoms in total. The molecule has 0 radical (unpaired) electrons. The van der Waals surface area contributed by atoms with Crippen LogP contribution in [0.1, 0.15) is 34.3 Å². The zero-order chi connectivity index (χ0) is 21.1. The van der Waals surface area contributed by atoms with Crippen LogP contribution in [-0.4, -0.2) is 30.0 Å². The van der Waals surface area contributed by atoms with Crippen LogP contribution in [0.15, 0.2) is 60.9 Å². The average Bonchev–Trinajstić information content (AvgIpc) is 2.74. The van der Waals surface area contributed by atoms with E-state index in [2.05, 4.69) is 47.2 Å². The highest BCUT2D eigenvalue weighted by molar-refractivity contribution is 6.07. The second-order valence-corrected chi connectivity index (χ2v) is 8.10. The van der Waals surface area contributed by atoms with E-state index >= 15 is 0 Å². The molecule has 4 rings (SSSR count). The van der Waals surface area contributed by atoms with Crippen LogP contribution >= 0.6 is 0 Å². The van der Waals surface area contributed by atoms with Crippen molar-refractivity contribution in [2.24, 2.45) is 5.73 Å². The number of amides is 1. The summed E-state index contributed by atoms with van der Waals surface area (Å²) >= 11 is 0. The van der Waals surface area contributed by atoms with Crippen molar-refractivity contribution in [3.63, 3.8) is 0 Å². The molecule has 30 heavy (non-hydrogen) atoms. The molecule has 0 atom stereocenters. The van der Waals surface area contributed by atoms with Crippen LogP contribution in [0, 0.1) is 13.8 Å². The van der Waals surface area contributed by atoms with Crippen molar-refractivity contribution in [3.8, 4) is 11.1 Å². The van der Waals surface area contributed by atoms with E-state index in [0.29, 0.717) is 5.56 Å². The molecule has 154 valence electrons. The number of aryl methyl sites for hydroxylation is 2. The van der Waals surface area contributed by atoms with Crippen molar-refractivity contribution >= 4 is 17.3 Å². The van der Waals surface area contributed by atoms with E-state index in [1.165, 1.54) is 11.1 Å². The summed E-state index contributed by atoms with van der Waals surface area (Å²) < 4.78 is 0. The van der Waals surface area contributed by atoms with Crippen molar-refractivity contribution in [2.75, 3.05) is 23.3 Å². The first kappa shape index (κ1) is 20.1. The van der Waals surface area contributed by atoms with Crippen LogP contribution < -0.4 is 16.0 Å². The maximum atomic E-state index is 12.9. The molecule has 0 unspecified atom stereocenters. The van der Waals surface area contributed by atoms with Gasteiger partial charge in [-0.05, 0) is 44.4 Å². The van der Waals surface area contributed by atoms with Gasteiger partial charge in [-0.3, -0.25) is 9.78 Å². The lowest BCUT2D eigenvalue weighted by Crippen LogP contribution is -2.40. The predicted octanol–water partition coefficient (Wildman–Crippen LogP) is 4.55. The minimum atomic E-state index is -0.134. The van der Waals surface area contributed by atoms with E-state index < -0.39 is 0 Å². The van der Waals surface area contributed by atoms with Crippen LogP contribution in [0.5, 0.6) is 0 Å². The first-order valence-corrected chi connectivity index (χ1v) is 10.4. The zero-order valence-corrected chi connectivity index (χ0v) is 17.6. The highest BCUT2D eigenvalue weighted by atomic mass is 16.1. The van der Waals surface area contributed by atoms with Gasteiger partial charge in [-0.15, -0.1) is 0 Å². The molecule has 3 N–H and O–H groups in total. The van der Waals surface area contributed by atoms with E-state index in [0.717, 1.165) is 48.4 Å². The Kier molecular flexibility index (Phi) is 5.81. The minimum absolute atomic E-state index is 0.134. The van der Waals surface area contributed by atoms with Crippen molar-refractivity contribution in [2.45, 2.75) is 32.7 Å². The Morgan fingerprint density at radius 2 is 1.70 bits per heavy atom. The molecule has 1 amide bonds. The van der Waals surface area contributed by atoms with Crippen molar-refractivity contribution in [3.05, 3.63) is 77.6 Å². The number of aromatic nitrogens is 1. The molecule has 1 saturated heterocycles. The van der Waals surface area contributed by atoms with Gasteiger partial charge in [-0.1, -0.05) is 47.5 Å². The standard InChI is InChI=1S/C25H28N4O/c1-17-12-18(2)14-20(13-17)22-15-27-16-23(24(22)29-10-8-21(26)9-11-29)28-25(30)19-6-4-3-5-7-19/h3-7,12-16,21H,8-11,26H2,1-2H3,(H,28,30). The summed E-state index contributed by atoms with van der Waals surface area (Å²) in [5.41, 5.74) is 13.1. The van der Waals surface area contributed by atoms with Gasteiger partial charge in [0, 0.05) is 36.5 Å². The Morgan fingerprint density at radius 3 is 2.37 bits per heavy atom. The summed E-state index contributed by atoms with van der Waals surface area (Å²) in [5, 5.41) is 3.10. The molecular formula is C25H28N4O. The van der Waals surface area contributed by atoms with Gasteiger partial charge in [0.25, 0.3) is 5.91 Å². The molecule has 2 aromatic carbocycles. The molecule has 0 bridgehead atoms. The Hall–Kier alpha value is -3.18. The summed E-state index contributed by atoms with van der Waals surface area (Å²) in [6.45, 7) is 5.92. The van der Waals surface area contributed by atoms with Crippen LogP contribution in [-0.2, 0) is 0 Å². The number of piperidine rings is 1. The van der Waals surface area contributed by atoms with Crippen LogP contribution in [0.25, 0.3) is 11.1 Å². The fraction of sp³-hybridized carbons (Fsp3) is 0.280. The zero-order valence-electron chi connectivity index (χ0n) is 17.6. The van der Waals surface area contributed by atoms with Gasteiger partial charge in [0.2, 0.25) is 0 Å². The molecule has 3 aromatic rings. The van der Waals surface area contributed by atoms with Gasteiger partial charge >= 0.3 is 0 Å². The first-order chi connectivity index (χ1) is 14.5. The number of benzene rings is 2. The van der Waals surface area contributed by atoms with E-state index in [1.807, 2.05) is 36.5 Å². The van der Waals surface area contributed by atoms with Crippen LogP contribution in [0.4, 0.5) is 11.4 Å². The SMILES string of the molecule is Cc1cc(C)cc(-c2cncc(NC(=O)c3ccccc3)c2N2CCC(N)CC2)c1. The number of nitrogens with one attached hydrogen (secondary N) is 1. The van der Waals surface area contributed by atoms with Gasteiger partial charge in [0.1, 0.15) is 0 Å². The third-order valence-corrected chi connectivity index (χ3v) is 5.59. The number of pyridine rings is 1. The Morgan fingerprint density at radius 1 is 1.03 bits per heavy atom. The number of hydrogen-bond acceptors (Lipinski definition) is 4. The fourth-order valence-corrected chi connectivity index (χ4v) is 4.13. The molecular weight excluding hydrogens is 372 g/mol. The summed E-state index contributed by atoms with van der Waals surface area (Å²) in [7, 11) is 0. The topological polar surface area (TPSA) is 71.2 Å². The van der Waals surface area contributed by atoms with Gasteiger partial charge in [0.15, 0.2) is 0 Å². The number of hydrogen-bond donors (Lipinski definition) is 2. The second-order valence-electron chi connectivity index (χ2n) is 8.10. The van der Waals surface area contributed by atoms with Crippen LogP contribution in [0.2, 0.25) is 0 Å². The maximum Gasteiger partial charge on any atom is 0.255 e. The molecule has 1 aromatic heterocycles. The smallest absolute Gasteiger partial charge is 0.255 e. The second kappa shape index (κ2) is 8.67. The largest absolute Gasteiger partial charge is 0.369 e.